The second-order valence-corrected chi connectivity index (χ2v) is 3.08. The van der Waals surface area contributed by atoms with Crippen LogP contribution in [0.15, 0.2) is 21.3 Å². The molecule has 1 N–H and O–H groups in total. The molecule has 0 radical (unpaired) electrons. The van der Waals surface area contributed by atoms with E-state index < -0.39 is 6.10 Å². The predicted molar refractivity (Wildman–Crippen MR) is 47.4 cm³/mol. The number of hydrogen-bond donors (Lipinski definition) is 1. The van der Waals surface area contributed by atoms with E-state index in [9.17, 15) is 5.11 Å². The second kappa shape index (κ2) is 3.26. The van der Waals surface area contributed by atoms with E-state index in [1.165, 1.54) is 6.26 Å². The molecule has 0 aliphatic carbocycles. The minimum Gasteiger partial charge on any atom is -0.469 e. The van der Waals surface area contributed by atoms with Crippen molar-refractivity contribution >= 4 is 0 Å². The number of aliphatic hydroxyl groups excluding tert-OH is 1. The van der Waals surface area contributed by atoms with E-state index >= 15 is 0 Å². The van der Waals surface area contributed by atoms with Gasteiger partial charge in [0.2, 0.25) is 0 Å². The Kier molecular flexibility index (Phi) is 2.09. The van der Waals surface area contributed by atoms with Crippen LogP contribution in [-0.4, -0.2) is 15.2 Å². The average molecular weight is 194 g/mol. The fourth-order valence-corrected chi connectivity index (χ4v) is 1.08. The van der Waals surface area contributed by atoms with Gasteiger partial charge in [-0.3, -0.25) is 0 Å². The Morgan fingerprint density at radius 2 is 2.29 bits per heavy atom. The highest BCUT2D eigenvalue weighted by atomic mass is 16.5. The Balaban J connectivity index is 2.33. The summed E-state index contributed by atoms with van der Waals surface area (Å²) in [5.74, 6) is 1.41. The smallest absolute Gasteiger partial charge is 0.261 e. The summed E-state index contributed by atoms with van der Waals surface area (Å²) in [5.41, 5.74) is 0.724. The largest absolute Gasteiger partial charge is 0.469 e. The Hall–Kier alpha value is -1.62. The highest BCUT2D eigenvalue weighted by Gasteiger charge is 2.13. The van der Waals surface area contributed by atoms with Crippen LogP contribution in [0, 0.1) is 6.92 Å². The number of aromatic nitrogens is 2. The van der Waals surface area contributed by atoms with Crippen LogP contribution >= 0.6 is 0 Å². The van der Waals surface area contributed by atoms with Crippen LogP contribution in [0.1, 0.15) is 24.6 Å². The average Bonchev–Trinajstić information content (AvgIpc) is 2.70. The summed E-state index contributed by atoms with van der Waals surface area (Å²) in [6.45, 7) is 3.41. The zero-order valence-corrected chi connectivity index (χ0v) is 7.89. The summed E-state index contributed by atoms with van der Waals surface area (Å²) in [6.07, 6.45) is 0.815. The van der Waals surface area contributed by atoms with Crippen LogP contribution in [0.5, 0.6) is 0 Å². The van der Waals surface area contributed by atoms with Gasteiger partial charge >= 0.3 is 0 Å². The van der Waals surface area contributed by atoms with Crippen LogP contribution in [0.2, 0.25) is 0 Å². The van der Waals surface area contributed by atoms with Crippen molar-refractivity contribution in [1.82, 2.24) is 10.1 Å². The Labute approximate surface area is 80.4 Å². The zero-order valence-electron chi connectivity index (χ0n) is 7.89. The molecule has 0 spiro atoms. The van der Waals surface area contributed by atoms with Crippen molar-refractivity contribution in [2.45, 2.75) is 20.0 Å². The molecule has 2 rings (SSSR count). The molecule has 14 heavy (non-hydrogen) atoms. The van der Waals surface area contributed by atoms with E-state index in [2.05, 4.69) is 10.1 Å². The van der Waals surface area contributed by atoms with Crippen molar-refractivity contribution in [2.75, 3.05) is 0 Å². The molecular weight excluding hydrogens is 184 g/mol. The molecule has 0 saturated heterocycles. The van der Waals surface area contributed by atoms with E-state index in [0.29, 0.717) is 5.89 Å². The predicted octanol–water partition coefficient (Wildman–Crippen LogP) is 1.69. The molecule has 0 fully saturated rings. The molecule has 1 atom stereocenters. The second-order valence-electron chi connectivity index (χ2n) is 3.08. The maximum atomic E-state index is 9.18. The summed E-state index contributed by atoms with van der Waals surface area (Å²) in [6, 6.07) is 1.79. The molecule has 0 bridgehead atoms. The number of aliphatic hydroxyl groups is 1. The minimum absolute atomic E-state index is 0.277. The van der Waals surface area contributed by atoms with Crippen LogP contribution in [0.4, 0.5) is 0 Å². The van der Waals surface area contributed by atoms with Gasteiger partial charge in [-0.05, 0) is 19.9 Å². The quantitative estimate of drug-likeness (QED) is 0.787. The zero-order chi connectivity index (χ0) is 10.1. The lowest BCUT2D eigenvalue weighted by atomic mass is 10.3. The van der Waals surface area contributed by atoms with E-state index in [-0.39, 0.29) is 5.82 Å². The lowest BCUT2D eigenvalue weighted by Gasteiger charge is -1.91. The van der Waals surface area contributed by atoms with Gasteiger partial charge in [0.25, 0.3) is 5.89 Å². The summed E-state index contributed by atoms with van der Waals surface area (Å²) in [7, 11) is 0. The van der Waals surface area contributed by atoms with Gasteiger partial charge in [0.1, 0.15) is 18.1 Å². The highest BCUT2D eigenvalue weighted by Crippen LogP contribution is 2.21. The molecule has 2 aromatic heterocycles. The molecule has 5 nitrogen and oxygen atoms in total. The minimum atomic E-state index is -0.722. The molecule has 0 aliphatic rings. The highest BCUT2D eigenvalue weighted by molar-refractivity contribution is 5.51. The standard InChI is InChI=1S/C9H10N2O3/c1-5-3-7(4-13-5)9-10-8(6(2)12)11-14-9/h3-4,6,12H,1-2H3. The number of aryl methyl sites for hydroxylation is 1. The Morgan fingerprint density at radius 3 is 2.79 bits per heavy atom. The summed E-state index contributed by atoms with van der Waals surface area (Å²) in [4.78, 5) is 4.01. The Morgan fingerprint density at radius 1 is 1.50 bits per heavy atom. The lowest BCUT2D eigenvalue weighted by Crippen LogP contribution is -1.92. The normalized spacial score (nSPS) is 13.1. The molecule has 2 aromatic rings. The first-order chi connectivity index (χ1) is 6.66. The van der Waals surface area contributed by atoms with Crippen LogP contribution in [0.25, 0.3) is 11.5 Å². The molecule has 74 valence electrons. The lowest BCUT2D eigenvalue weighted by molar-refractivity contribution is 0.184. The van der Waals surface area contributed by atoms with Gasteiger partial charge in [0.15, 0.2) is 5.82 Å². The van der Waals surface area contributed by atoms with Crippen molar-refractivity contribution in [3.63, 3.8) is 0 Å². The van der Waals surface area contributed by atoms with Crippen LogP contribution in [-0.2, 0) is 0 Å². The first-order valence-corrected chi connectivity index (χ1v) is 4.24. The fraction of sp³-hybridized carbons (Fsp3) is 0.333. The van der Waals surface area contributed by atoms with Crippen molar-refractivity contribution < 1.29 is 14.0 Å². The summed E-state index contributed by atoms with van der Waals surface area (Å²) in [5, 5.41) is 12.8. The SMILES string of the molecule is Cc1cc(-c2nc(C(C)O)no2)co1. The van der Waals surface area contributed by atoms with Crippen molar-refractivity contribution in [1.29, 1.82) is 0 Å². The molecule has 0 aromatic carbocycles. The first-order valence-electron chi connectivity index (χ1n) is 4.24. The van der Waals surface area contributed by atoms with Crippen molar-refractivity contribution in [3.05, 3.63) is 23.9 Å². The monoisotopic (exact) mass is 194 g/mol. The number of furan rings is 1. The van der Waals surface area contributed by atoms with Crippen LogP contribution in [0.3, 0.4) is 0 Å². The maximum absolute atomic E-state index is 9.18. The number of nitrogens with zero attached hydrogens (tertiary/aromatic N) is 2. The third kappa shape index (κ3) is 1.54. The number of rotatable bonds is 2. The Bertz CT molecular complexity index is 431. The third-order valence-electron chi connectivity index (χ3n) is 1.79. The molecule has 5 heteroatoms. The van der Waals surface area contributed by atoms with Gasteiger partial charge in [0, 0.05) is 0 Å². The molecule has 0 aliphatic heterocycles. The number of hydrogen-bond acceptors (Lipinski definition) is 5. The van der Waals surface area contributed by atoms with Gasteiger partial charge in [-0.25, -0.2) is 0 Å². The van der Waals surface area contributed by atoms with Crippen molar-refractivity contribution in [3.8, 4) is 11.5 Å². The topological polar surface area (TPSA) is 72.3 Å². The fourth-order valence-electron chi connectivity index (χ4n) is 1.08. The molecule has 0 amide bonds. The first kappa shape index (κ1) is 8.96. The van der Waals surface area contributed by atoms with E-state index in [4.69, 9.17) is 8.94 Å². The van der Waals surface area contributed by atoms with Gasteiger partial charge in [-0.15, -0.1) is 0 Å². The summed E-state index contributed by atoms with van der Waals surface area (Å²) < 4.78 is 10.0. The maximum Gasteiger partial charge on any atom is 0.261 e. The van der Waals surface area contributed by atoms with Crippen molar-refractivity contribution in [2.24, 2.45) is 0 Å². The molecular formula is C9H10N2O3. The molecule has 2 heterocycles. The van der Waals surface area contributed by atoms with Gasteiger partial charge < -0.3 is 14.0 Å². The third-order valence-corrected chi connectivity index (χ3v) is 1.79. The van der Waals surface area contributed by atoms with Gasteiger partial charge in [-0.1, -0.05) is 5.16 Å². The van der Waals surface area contributed by atoms with E-state index in [0.717, 1.165) is 11.3 Å². The van der Waals surface area contributed by atoms with E-state index in [1.807, 2.05) is 6.92 Å². The van der Waals surface area contributed by atoms with Gasteiger partial charge in [-0.2, -0.15) is 4.98 Å². The molecule has 1 unspecified atom stereocenters. The van der Waals surface area contributed by atoms with E-state index in [1.54, 1.807) is 13.0 Å². The summed E-state index contributed by atoms with van der Waals surface area (Å²) >= 11 is 0. The van der Waals surface area contributed by atoms with Gasteiger partial charge in [0.05, 0.1) is 5.56 Å². The van der Waals surface area contributed by atoms with Crippen LogP contribution < -0.4 is 0 Å². The molecule has 0 saturated carbocycles.